The molecule has 2 N–H and O–H groups in total. The second-order valence-corrected chi connectivity index (χ2v) is 6.21. The maximum atomic E-state index is 12.4. The van der Waals surface area contributed by atoms with E-state index in [0.717, 1.165) is 11.1 Å². The van der Waals surface area contributed by atoms with Crippen molar-refractivity contribution in [1.82, 2.24) is 0 Å². The summed E-state index contributed by atoms with van der Waals surface area (Å²) in [5, 5.41) is 21.8. The van der Waals surface area contributed by atoms with Crippen molar-refractivity contribution >= 4 is 27.5 Å². The smallest absolute Gasteiger partial charge is 0.259 e. The first kappa shape index (κ1) is 16.7. The average Bonchev–Trinajstić information content (AvgIpc) is 2.64. The number of rotatable bonds is 3. The number of nitrogens with one attached hydrogen (secondary N) is 1. The average molecular weight is 393 g/mol. The molecule has 0 saturated heterocycles. The second kappa shape index (κ2) is 7.20. The molecule has 0 unspecified atom stereocenters. The Labute approximate surface area is 153 Å². The van der Waals surface area contributed by atoms with Crippen LogP contribution in [0.1, 0.15) is 15.9 Å². The van der Waals surface area contributed by atoms with Crippen LogP contribution in [0.15, 0.2) is 71.2 Å². The highest BCUT2D eigenvalue weighted by Crippen LogP contribution is 2.34. The van der Waals surface area contributed by atoms with Crippen molar-refractivity contribution < 1.29 is 9.90 Å². The lowest BCUT2D eigenvalue weighted by Gasteiger charge is -2.11. The van der Waals surface area contributed by atoms with Crippen LogP contribution in [-0.4, -0.2) is 11.0 Å². The number of phenolic OH excluding ortho intramolecular Hbond substituents is 1. The van der Waals surface area contributed by atoms with E-state index >= 15 is 0 Å². The Morgan fingerprint density at radius 2 is 1.72 bits per heavy atom. The number of hydrogen-bond acceptors (Lipinski definition) is 3. The maximum absolute atomic E-state index is 12.4. The van der Waals surface area contributed by atoms with Crippen LogP contribution in [0, 0.1) is 11.3 Å². The molecule has 3 aromatic carbocycles. The molecule has 0 atom stereocenters. The molecule has 0 fully saturated rings. The van der Waals surface area contributed by atoms with Crippen molar-refractivity contribution in [3.63, 3.8) is 0 Å². The fourth-order valence-corrected chi connectivity index (χ4v) is 2.98. The minimum atomic E-state index is -0.428. The van der Waals surface area contributed by atoms with E-state index in [0.29, 0.717) is 15.7 Å². The van der Waals surface area contributed by atoms with Crippen LogP contribution in [0.4, 0.5) is 5.69 Å². The van der Waals surface area contributed by atoms with E-state index in [1.165, 1.54) is 0 Å². The van der Waals surface area contributed by atoms with Crippen LogP contribution < -0.4 is 5.32 Å². The van der Waals surface area contributed by atoms with Crippen LogP contribution in [0.2, 0.25) is 0 Å². The normalized spacial score (nSPS) is 10.1. The Bertz CT molecular complexity index is 961. The van der Waals surface area contributed by atoms with Gasteiger partial charge in [0.05, 0.1) is 17.2 Å². The van der Waals surface area contributed by atoms with Crippen molar-refractivity contribution in [3.05, 3.63) is 82.3 Å². The number of carbonyl (C=O) groups excluding carboxylic acids is 1. The van der Waals surface area contributed by atoms with Gasteiger partial charge in [0, 0.05) is 10.2 Å². The van der Waals surface area contributed by atoms with Crippen LogP contribution in [0.25, 0.3) is 11.1 Å². The van der Waals surface area contributed by atoms with Gasteiger partial charge in [-0.05, 0) is 47.5 Å². The molecule has 1 amide bonds. The minimum Gasteiger partial charge on any atom is -0.507 e. The summed E-state index contributed by atoms with van der Waals surface area (Å²) in [5.41, 5.74) is 2.95. The first-order valence-corrected chi connectivity index (χ1v) is 8.27. The van der Waals surface area contributed by atoms with Crippen LogP contribution in [-0.2, 0) is 0 Å². The number of nitrogens with zero attached hydrogens (tertiary/aromatic N) is 1. The number of benzene rings is 3. The fraction of sp³-hybridized carbons (Fsp3) is 0. The molecule has 4 nitrogen and oxygen atoms in total. The molecule has 0 aliphatic rings. The van der Waals surface area contributed by atoms with Crippen molar-refractivity contribution in [1.29, 1.82) is 5.26 Å². The van der Waals surface area contributed by atoms with E-state index in [1.54, 1.807) is 36.4 Å². The van der Waals surface area contributed by atoms with Crippen molar-refractivity contribution in [2.75, 3.05) is 5.32 Å². The molecule has 25 heavy (non-hydrogen) atoms. The largest absolute Gasteiger partial charge is 0.507 e. The topological polar surface area (TPSA) is 73.1 Å². The Kier molecular flexibility index (Phi) is 4.82. The molecule has 5 heteroatoms. The maximum Gasteiger partial charge on any atom is 0.259 e. The monoisotopic (exact) mass is 392 g/mol. The zero-order valence-electron chi connectivity index (χ0n) is 13.0. The summed E-state index contributed by atoms with van der Waals surface area (Å²) < 4.78 is 0.710. The highest BCUT2D eigenvalue weighted by atomic mass is 79.9. The third-order valence-electron chi connectivity index (χ3n) is 3.69. The van der Waals surface area contributed by atoms with Gasteiger partial charge in [0.2, 0.25) is 0 Å². The van der Waals surface area contributed by atoms with Gasteiger partial charge in [-0.25, -0.2) is 0 Å². The van der Waals surface area contributed by atoms with Gasteiger partial charge < -0.3 is 10.4 Å². The molecule has 0 aliphatic heterocycles. The number of nitriles is 1. The first-order chi connectivity index (χ1) is 12.1. The molecule has 0 saturated carbocycles. The lowest BCUT2D eigenvalue weighted by Crippen LogP contribution is -2.12. The van der Waals surface area contributed by atoms with E-state index < -0.39 is 5.91 Å². The quantitative estimate of drug-likeness (QED) is 0.662. The minimum absolute atomic E-state index is 0.104. The summed E-state index contributed by atoms with van der Waals surface area (Å²) in [7, 11) is 0. The van der Waals surface area contributed by atoms with E-state index in [9.17, 15) is 9.90 Å². The number of phenols is 1. The Balaban J connectivity index is 1.88. The van der Waals surface area contributed by atoms with Gasteiger partial charge in [-0.1, -0.05) is 46.3 Å². The predicted molar refractivity (Wildman–Crippen MR) is 100 cm³/mol. The van der Waals surface area contributed by atoms with E-state index in [-0.39, 0.29) is 11.3 Å². The molecular formula is C20H13BrN2O2. The van der Waals surface area contributed by atoms with E-state index in [2.05, 4.69) is 21.2 Å². The third kappa shape index (κ3) is 3.70. The number of carbonyl (C=O) groups is 1. The van der Waals surface area contributed by atoms with Crippen LogP contribution in [0.5, 0.6) is 5.75 Å². The molecule has 0 radical (unpaired) electrons. The Hall–Kier alpha value is -3.10. The number of hydrogen-bond donors (Lipinski definition) is 2. The van der Waals surface area contributed by atoms with E-state index in [1.807, 2.05) is 36.4 Å². The van der Waals surface area contributed by atoms with Gasteiger partial charge in [-0.3, -0.25) is 4.79 Å². The second-order valence-electron chi connectivity index (χ2n) is 5.36. The van der Waals surface area contributed by atoms with Crippen LogP contribution >= 0.6 is 15.9 Å². The summed E-state index contributed by atoms with van der Waals surface area (Å²) in [6, 6.07) is 21.3. The number of anilines is 1. The summed E-state index contributed by atoms with van der Waals surface area (Å²) in [6.07, 6.45) is 0. The highest BCUT2D eigenvalue weighted by molar-refractivity contribution is 9.10. The van der Waals surface area contributed by atoms with Crippen molar-refractivity contribution in [3.8, 4) is 22.9 Å². The predicted octanol–water partition coefficient (Wildman–Crippen LogP) is 4.95. The third-order valence-corrected chi connectivity index (χ3v) is 4.34. The zero-order chi connectivity index (χ0) is 17.8. The number of halogens is 1. The molecule has 0 aliphatic carbocycles. The van der Waals surface area contributed by atoms with Gasteiger partial charge in [0.15, 0.2) is 0 Å². The molecule has 0 aromatic heterocycles. The SMILES string of the molecule is N#Cc1ccc(NC(=O)c2cc(Br)c(-c3ccccc3)cc2O)cc1. The summed E-state index contributed by atoms with van der Waals surface area (Å²) >= 11 is 3.46. The van der Waals surface area contributed by atoms with Gasteiger partial charge in [-0.2, -0.15) is 5.26 Å². The van der Waals surface area contributed by atoms with Gasteiger partial charge in [0.25, 0.3) is 5.91 Å². The lowest BCUT2D eigenvalue weighted by atomic mass is 10.0. The van der Waals surface area contributed by atoms with E-state index in [4.69, 9.17) is 5.26 Å². The molecule has 3 aromatic rings. The molecule has 0 bridgehead atoms. The standard InChI is InChI=1S/C20H13BrN2O2/c21-18-10-17(19(24)11-16(18)14-4-2-1-3-5-14)20(25)23-15-8-6-13(12-22)7-9-15/h1-11,24H,(H,23,25). The highest BCUT2D eigenvalue weighted by Gasteiger charge is 2.15. The van der Waals surface area contributed by atoms with Crippen molar-refractivity contribution in [2.24, 2.45) is 0 Å². The molecular weight excluding hydrogens is 380 g/mol. The first-order valence-electron chi connectivity index (χ1n) is 7.48. The van der Waals surface area contributed by atoms with Gasteiger partial charge >= 0.3 is 0 Å². The number of aromatic hydroxyl groups is 1. The zero-order valence-corrected chi connectivity index (χ0v) is 14.6. The fourth-order valence-electron chi connectivity index (χ4n) is 2.41. The number of amides is 1. The van der Waals surface area contributed by atoms with Crippen LogP contribution in [0.3, 0.4) is 0 Å². The summed E-state index contributed by atoms with van der Waals surface area (Å²) in [4.78, 5) is 12.4. The molecule has 0 heterocycles. The lowest BCUT2D eigenvalue weighted by molar-refractivity contribution is 0.102. The summed E-state index contributed by atoms with van der Waals surface area (Å²) in [6.45, 7) is 0. The summed E-state index contributed by atoms with van der Waals surface area (Å²) in [5.74, 6) is -0.532. The van der Waals surface area contributed by atoms with Gasteiger partial charge in [-0.15, -0.1) is 0 Å². The molecule has 0 spiro atoms. The molecule has 122 valence electrons. The van der Waals surface area contributed by atoms with Crippen molar-refractivity contribution in [2.45, 2.75) is 0 Å². The Morgan fingerprint density at radius 1 is 1.04 bits per heavy atom. The Morgan fingerprint density at radius 3 is 2.36 bits per heavy atom. The molecule has 3 rings (SSSR count). The van der Waals surface area contributed by atoms with Gasteiger partial charge in [0.1, 0.15) is 5.75 Å².